The van der Waals surface area contributed by atoms with Gasteiger partial charge in [-0.25, -0.2) is 9.97 Å². The van der Waals surface area contributed by atoms with Crippen LogP contribution in [0, 0.1) is 0 Å². The van der Waals surface area contributed by atoms with E-state index in [1.807, 2.05) is 46.6 Å². The molecule has 7 heteroatoms. The quantitative estimate of drug-likeness (QED) is 0.758. The Balaban J connectivity index is 1.43. The average molecular weight is 338 g/mol. The van der Waals surface area contributed by atoms with Crippen LogP contribution in [0.1, 0.15) is 35.2 Å². The van der Waals surface area contributed by atoms with E-state index in [2.05, 4.69) is 20.6 Å². The summed E-state index contributed by atoms with van der Waals surface area (Å²) >= 11 is 0. The Hall–Kier alpha value is -2.67. The van der Waals surface area contributed by atoms with Crippen LogP contribution in [0.15, 0.2) is 36.8 Å². The zero-order valence-electron chi connectivity index (χ0n) is 14.3. The van der Waals surface area contributed by atoms with Crippen LogP contribution < -0.4 is 10.6 Å². The fourth-order valence-corrected chi connectivity index (χ4v) is 3.35. The Morgan fingerprint density at radius 2 is 2.28 bits per heavy atom. The van der Waals surface area contributed by atoms with Gasteiger partial charge in [0.15, 0.2) is 0 Å². The van der Waals surface area contributed by atoms with Crippen LogP contribution in [0.3, 0.4) is 0 Å². The number of aryl methyl sites for hydroxylation is 1. The van der Waals surface area contributed by atoms with Crippen molar-refractivity contribution in [1.82, 2.24) is 29.7 Å². The van der Waals surface area contributed by atoms with Crippen LogP contribution in [0.2, 0.25) is 0 Å². The van der Waals surface area contributed by atoms with Crippen LogP contribution in [-0.4, -0.2) is 38.1 Å². The van der Waals surface area contributed by atoms with Gasteiger partial charge in [0, 0.05) is 25.8 Å². The highest BCUT2D eigenvalue weighted by Crippen LogP contribution is 2.17. The number of piperidine rings is 1. The second-order valence-electron chi connectivity index (χ2n) is 6.46. The van der Waals surface area contributed by atoms with E-state index in [0.29, 0.717) is 18.3 Å². The predicted octanol–water partition coefficient (Wildman–Crippen LogP) is 1.62. The Morgan fingerprint density at radius 1 is 1.40 bits per heavy atom. The highest BCUT2D eigenvalue weighted by molar-refractivity contribution is 5.92. The van der Waals surface area contributed by atoms with Gasteiger partial charge < -0.3 is 19.8 Å². The van der Waals surface area contributed by atoms with Gasteiger partial charge in [0.2, 0.25) is 0 Å². The first-order valence-electron chi connectivity index (χ1n) is 8.65. The van der Waals surface area contributed by atoms with Gasteiger partial charge in [-0.2, -0.15) is 0 Å². The number of hydrogen-bond donors (Lipinski definition) is 2. The van der Waals surface area contributed by atoms with E-state index in [9.17, 15) is 4.79 Å². The molecule has 130 valence electrons. The number of carbonyl (C=O) groups excluding carboxylic acids is 1. The van der Waals surface area contributed by atoms with E-state index in [-0.39, 0.29) is 5.91 Å². The highest BCUT2D eigenvalue weighted by atomic mass is 16.1. The molecule has 0 aliphatic carbocycles. The SMILES string of the molecule is Cn1c(CNC(=O)c2cn(C3CCCNC3)cn2)nc2ccccc21. The monoisotopic (exact) mass is 338 g/mol. The molecule has 2 N–H and O–H groups in total. The molecule has 1 unspecified atom stereocenters. The summed E-state index contributed by atoms with van der Waals surface area (Å²) < 4.78 is 4.04. The van der Waals surface area contributed by atoms with Gasteiger partial charge in [-0.15, -0.1) is 0 Å². The fourth-order valence-electron chi connectivity index (χ4n) is 3.35. The molecule has 0 saturated carbocycles. The lowest BCUT2D eigenvalue weighted by atomic mass is 10.1. The Morgan fingerprint density at radius 3 is 3.08 bits per heavy atom. The molecule has 0 radical (unpaired) electrons. The summed E-state index contributed by atoms with van der Waals surface area (Å²) in [4.78, 5) is 21.2. The fraction of sp³-hybridized carbons (Fsp3) is 0.389. The largest absolute Gasteiger partial charge is 0.343 e. The minimum Gasteiger partial charge on any atom is -0.343 e. The second-order valence-corrected chi connectivity index (χ2v) is 6.46. The third-order valence-electron chi connectivity index (χ3n) is 4.81. The van der Waals surface area contributed by atoms with Gasteiger partial charge in [-0.05, 0) is 31.5 Å². The maximum Gasteiger partial charge on any atom is 0.271 e. The molecular formula is C18H22N6O. The van der Waals surface area contributed by atoms with Crippen molar-refractivity contribution in [3.63, 3.8) is 0 Å². The number of benzene rings is 1. The molecule has 3 heterocycles. The van der Waals surface area contributed by atoms with Crippen molar-refractivity contribution in [1.29, 1.82) is 0 Å². The Kier molecular flexibility index (Phi) is 4.23. The van der Waals surface area contributed by atoms with Crippen LogP contribution >= 0.6 is 0 Å². The molecule has 1 aliphatic heterocycles. The molecule has 7 nitrogen and oxygen atoms in total. The summed E-state index contributed by atoms with van der Waals surface area (Å²) in [7, 11) is 1.96. The van der Waals surface area contributed by atoms with E-state index in [4.69, 9.17) is 0 Å². The minimum absolute atomic E-state index is 0.172. The second kappa shape index (κ2) is 6.68. The molecule has 3 aromatic rings. The van der Waals surface area contributed by atoms with Crippen molar-refractivity contribution in [3.05, 3.63) is 48.3 Å². The number of nitrogens with zero attached hydrogens (tertiary/aromatic N) is 4. The lowest BCUT2D eigenvalue weighted by Crippen LogP contribution is -2.31. The van der Waals surface area contributed by atoms with Crippen molar-refractivity contribution in [2.75, 3.05) is 13.1 Å². The highest BCUT2D eigenvalue weighted by Gasteiger charge is 2.17. The molecule has 2 aromatic heterocycles. The number of rotatable bonds is 4. The molecule has 1 amide bonds. The number of amides is 1. The number of aromatic nitrogens is 4. The molecule has 1 atom stereocenters. The molecule has 1 fully saturated rings. The molecule has 1 saturated heterocycles. The summed E-state index contributed by atoms with van der Waals surface area (Å²) in [6.07, 6.45) is 5.85. The number of imidazole rings is 2. The van der Waals surface area contributed by atoms with Gasteiger partial charge in [-0.3, -0.25) is 4.79 Å². The molecule has 25 heavy (non-hydrogen) atoms. The van der Waals surface area contributed by atoms with E-state index in [0.717, 1.165) is 42.8 Å². The predicted molar refractivity (Wildman–Crippen MR) is 95.3 cm³/mol. The molecule has 0 bridgehead atoms. The minimum atomic E-state index is -0.172. The van der Waals surface area contributed by atoms with E-state index in [1.165, 1.54) is 0 Å². The molecule has 1 aliphatic rings. The number of fused-ring (bicyclic) bond motifs is 1. The van der Waals surface area contributed by atoms with Gasteiger partial charge >= 0.3 is 0 Å². The topological polar surface area (TPSA) is 76.8 Å². The maximum absolute atomic E-state index is 12.4. The summed E-state index contributed by atoms with van der Waals surface area (Å²) in [5.41, 5.74) is 2.44. The van der Waals surface area contributed by atoms with Gasteiger partial charge in [-0.1, -0.05) is 12.1 Å². The van der Waals surface area contributed by atoms with Crippen molar-refractivity contribution >= 4 is 16.9 Å². The van der Waals surface area contributed by atoms with E-state index in [1.54, 1.807) is 6.33 Å². The van der Waals surface area contributed by atoms with Gasteiger partial charge in [0.25, 0.3) is 5.91 Å². The van der Waals surface area contributed by atoms with Crippen molar-refractivity contribution in [2.45, 2.75) is 25.4 Å². The first-order valence-corrected chi connectivity index (χ1v) is 8.65. The zero-order valence-corrected chi connectivity index (χ0v) is 14.3. The van der Waals surface area contributed by atoms with Crippen LogP contribution in [-0.2, 0) is 13.6 Å². The number of nitrogens with one attached hydrogen (secondary N) is 2. The molecular weight excluding hydrogens is 316 g/mol. The third kappa shape index (κ3) is 3.15. The van der Waals surface area contributed by atoms with Crippen LogP contribution in [0.5, 0.6) is 0 Å². The first kappa shape index (κ1) is 15.8. The number of hydrogen-bond acceptors (Lipinski definition) is 4. The molecule has 1 aromatic carbocycles. The van der Waals surface area contributed by atoms with E-state index < -0.39 is 0 Å². The Labute approximate surface area is 146 Å². The average Bonchev–Trinajstić information content (AvgIpc) is 3.26. The standard InChI is InChI=1S/C18H22N6O/c1-23-16-7-3-2-6-14(16)22-17(23)10-20-18(25)15-11-24(12-21-15)13-5-4-8-19-9-13/h2-3,6-7,11-13,19H,4-5,8-10H2,1H3,(H,20,25). The smallest absolute Gasteiger partial charge is 0.271 e. The van der Waals surface area contributed by atoms with Crippen LogP contribution in [0.25, 0.3) is 11.0 Å². The summed E-state index contributed by atoms with van der Waals surface area (Å²) in [5.74, 6) is 0.653. The Bertz CT molecular complexity index is 890. The maximum atomic E-state index is 12.4. The first-order chi connectivity index (χ1) is 12.2. The summed E-state index contributed by atoms with van der Waals surface area (Å²) in [6, 6.07) is 8.32. The zero-order chi connectivity index (χ0) is 17.2. The molecule has 4 rings (SSSR count). The lowest BCUT2D eigenvalue weighted by Gasteiger charge is -2.23. The number of carbonyl (C=O) groups is 1. The van der Waals surface area contributed by atoms with Crippen molar-refractivity contribution in [2.24, 2.45) is 7.05 Å². The molecule has 0 spiro atoms. The van der Waals surface area contributed by atoms with Gasteiger partial charge in [0.1, 0.15) is 11.5 Å². The van der Waals surface area contributed by atoms with Crippen LogP contribution in [0.4, 0.5) is 0 Å². The summed E-state index contributed by atoms with van der Waals surface area (Å²) in [6.45, 7) is 2.37. The third-order valence-corrected chi connectivity index (χ3v) is 4.81. The normalized spacial score (nSPS) is 17.7. The van der Waals surface area contributed by atoms with Crippen molar-refractivity contribution < 1.29 is 4.79 Å². The number of para-hydroxylation sites is 2. The summed E-state index contributed by atoms with van der Waals surface area (Å²) in [5, 5.41) is 6.30. The van der Waals surface area contributed by atoms with Gasteiger partial charge in [0.05, 0.1) is 23.9 Å². The van der Waals surface area contributed by atoms with E-state index >= 15 is 0 Å². The van der Waals surface area contributed by atoms with Crippen molar-refractivity contribution in [3.8, 4) is 0 Å². The lowest BCUT2D eigenvalue weighted by molar-refractivity contribution is 0.0945.